The predicted octanol–water partition coefficient (Wildman–Crippen LogP) is 1.59. The van der Waals surface area contributed by atoms with Gasteiger partial charge in [-0.05, 0) is 29.7 Å². The third kappa shape index (κ3) is 2.34. The molecule has 5 nitrogen and oxygen atoms in total. The van der Waals surface area contributed by atoms with E-state index in [1.54, 1.807) is 19.2 Å². The number of nitrogens with one attached hydrogen (secondary N) is 2. The van der Waals surface area contributed by atoms with E-state index in [4.69, 9.17) is 0 Å². The number of amides is 1. The highest BCUT2D eigenvalue weighted by molar-refractivity contribution is 5.92. The van der Waals surface area contributed by atoms with E-state index in [9.17, 15) is 4.79 Å². The van der Waals surface area contributed by atoms with Gasteiger partial charge in [0.2, 0.25) is 0 Å². The van der Waals surface area contributed by atoms with Crippen LogP contribution in [0.25, 0.3) is 0 Å². The molecule has 0 aliphatic heterocycles. The minimum Gasteiger partial charge on any atom is -0.372 e. The van der Waals surface area contributed by atoms with E-state index in [-0.39, 0.29) is 5.91 Å². The number of benzene rings is 1. The Labute approximate surface area is 117 Å². The molecule has 1 aliphatic rings. The molecule has 1 aromatic heterocycles. The summed E-state index contributed by atoms with van der Waals surface area (Å²) in [5, 5.41) is 13.6. The van der Waals surface area contributed by atoms with Crippen LogP contribution in [0.1, 0.15) is 27.5 Å². The number of nitrogens with zero attached hydrogens (tertiary/aromatic N) is 2. The first-order valence-electron chi connectivity index (χ1n) is 6.65. The van der Waals surface area contributed by atoms with Crippen molar-refractivity contribution < 1.29 is 4.79 Å². The molecule has 1 amide bonds. The zero-order valence-corrected chi connectivity index (χ0v) is 11.3. The average Bonchev–Trinajstić information content (AvgIpc) is 2.48. The van der Waals surface area contributed by atoms with Crippen LogP contribution in [0, 0.1) is 0 Å². The number of carbonyl (C=O) groups excluding carboxylic acids is 1. The Bertz CT molecular complexity index is 624. The standard InChI is InChI=1S/C15H16N4O/c1-16-14-7-6-13(18-19-14)15(20)17-9-11-8-10-4-2-3-5-12(10)11/h2-7,11H,8-9H2,1H3,(H,16,19)(H,17,20). The van der Waals surface area contributed by atoms with Crippen molar-refractivity contribution in [3.63, 3.8) is 0 Å². The Morgan fingerprint density at radius 3 is 2.80 bits per heavy atom. The van der Waals surface area contributed by atoms with Crippen LogP contribution in [-0.2, 0) is 6.42 Å². The van der Waals surface area contributed by atoms with Crippen LogP contribution < -0.4 is 10.6 Å². The summed E-state index contributed by atoms with van der Waals surface area (Å²) in [7, 11) is 1.76. The third-order valence-electron chi connectivity index (χ3n) is 3.62. The average molecular weight is 268 g/mol. The molecule has 1 unspecified atom stereocenters. The molecule has 0 bridgehead atoms. The molecule has 1 aromatic carbocycles. The van der Waals surface area contributed by atoms with Crippen LogP contribution in [-0.4, -0.2) is 29.7 Å². The molecule has 20 heavy (non-hydrogen) atoms. The third-order valence-corrected chi connectivity index (χ3v) is 3.62. The smallest absolute Gasteiger partial charge is 0.271 e. The number of carbonyl (C=O) groups is 1. The van der Waals surface area contributed by atoms with Crippen molar-refractivity contribution in [2.24, 2.45) is 0 Å². The van der Waals surface area contributed by atoms with Gasteiger partial charge in [-0.15, -0.1) is 10.2 Å². The Hall–Kier alpha value is -2.43. The lowest BCUT2D eigenvalue weighted by Crippen LogP contribution is -2.33. The van der Waals surface area contributed by atoms with Crippen molar-refractivity contribution in [3.05, 3.63) is 53.2 Å². The van der Waals surface area contributed by atoms with Gasteiger partial charge in [-0.25, -0.2) is 0 Å². The fourth-order valence-corrected chi connectivity index (χ4v) is 2.44. The lowest BCUT2D eigenvalue weighted by Gasteiger charge is -2.30. The normalized spacial score (nSPS) is 15.9. The molecule has 0 spiro atoms. The van der Waals surface area contributed by atoms with E-state index in [0.717, 1.165) is 6.42 Å². The van der Waals surface area contributed by atoms with Crippen molar-refractivity contribution in [1.82, 2.24) is 15.5 Å². The van der Waals surface area contributed by atoms with E-state index in [0.29, 0.717) is 24.0 Å². The van der Waals surface area contributed by atoms with Gasteiger partial charge in [0.05, 0.1) is 0 Å². The quantitative estimate of drug-likeness (QED) is 0.883. The van der Waals surface area contributed by atoms with Gasteiger partial charge in [0.25, 0.3) is 5.91 Å². The van der Waals surface area contributed by atoms with Crippen molar-refractivity contribution in [2.75, 3.05) is 18.9 Å². The van der Waals surface area contributed by atoms with Crippen molar-refractivity contribution in [3.8, 4) is 0 Å². The summed E-state index contributed by atoms with van der Waals surface area (Å²) in [6.45, 7) is 0.644. The molecule has 0 radical (unpaired) electrons. The number of hydrogen-bond donors (Lipinski definition) is 2. The molecular weight excluding hydrogens is 252 g/mol. The van der Waals surface area contributed by atoms with E-state index in [1.165, 1.54) is 11.1 Å². The molecule has 1 heterocycles. The van der Waals surface area contributed by atoms with E-state index >= 15 is 0 Å². The zero-order valence-electron chi connectivity index (χ0n) is 11.3. The maximum atomic E-state index is 12.0. The fraction of sp³-hybridized carbons (Fsp3) is 0.267. The van der Waals surface area contributed by atoms with E-state index in [2.05, 4.69) is 33.0 Å². The highest BCUT2D eigenvalue weighted by Crippen LogP contribution is 2.33. The highest BCUT2D eigenvalue weighted by Gasteiger charge is 2.25. The lowest BCUT2D eigenvalue weighted by atomic mass is 9.77. The summed E-state index contributed by atoms with van der Waals surface area (Å²) in [5.41, 5.74) is 3.06. The molecular formula is C15H16N4O. The molecule has 2 aromatic rings. The van der Waals surface area contributed by atoms with Gasteiger partial charge in [0.1, 0.15) is 5.82 Å². The minimum atomic E-state index is -0.176. The Morgan fingerprint density at radius 2 is 2.10 bits per heavy atom. The number of anilines is 1. The lowest BCUT2D eigenvalue weighted by molar-refractivity contribution is 0.0944. The highest BCUT2D eigenvalue weighted by atomic mass is 16.1. The van der Waals surface area contributed by atoms with E-state index in [1.807, 2.05) is 12.1 Å². The number of aromatic nitrogens is 2. The summed E-state index contributed by atoms with van der Waals surface area (Å²) < 4.78 is 0. The molecule has 2 N–H and O–H groups in total. The maximum absolute atomic E-state index is 12.0. The molecule has 1 atom stereocenters. The second kappa shape index (κ2) is 5.28. The number of fused-ring (bicyclic) bond motifs is 1. The first kappa shape index (κ1) is 12.6. The monoisotopic (exact) mass is 268 g/mol. The van der Waals surface area contributed by atoms with Crippen LogP contribution in [0.4, 0.5) is 5.82 Å². The largest absolute Gasteiger partial charge is 0.372 e. The Kier molecular flexibility index (Phi) is 3.33. The van der Waals surface area contributed by atoms with Crippen LogP contribution >= 0.6 is 0 Å². The molecule has 0 saturated heterocycles. The summed E-state index contributed by atoms with van der Waals surface area (Å²) in [6.07, 6.45) is 1.03. The number of rotatable bonds is 4. The molecule has 5 heteroatoms. The second-order valence-corrected chi connectivity index (χ2v) is 4.86. The van der Waals surface area contributed by atoms with Gasteiger partial charge in [-0.3, -0.25) is 4.79 Å². The topological polar surface area (TPSA) is 66.9 Å². The minimum absolute atomic E-state index is 0.176. The van der Waals surface area contributed by atoms with Crippen LogP contribution in [0.3, 0.4) is 0 Å². The zero-order chi connectivity index (χ0) is 13.9. The van der Waals surface area contributed by atoms with Crippen molar-refractivity contribution in [1.29, 1.82) is 0 Å². The van der Waals surface area contributed by atoms with Crippen LogP contribution in [0.15, 0.2) is 36.4 Å². The fourth-order valence-electron chi connectivity index (χ4n) is 2.44. The van der Waals surface area contributed by atoms with Crippen LogP contribution in [0.2, 0.25) is 0 Å². The van der Waals surface area contributed by atoms with Crippen molar-refractivity contribution in [2.45, 2.75) is 12.3 Å². The first-order chi connectivity index (χ1) is 9.78. The maximum Gasteiger partial charge on any atom is 0.271 e. The SMILES string of the molecule is CNc1ccc(C(=O)NCC2Cc3ccccc32)nn1. The predicted molar refractivity (Wildman–Crippen MR) is 76.8 cm³/mol. The summed E-state index contributed by atoms with van der Waals surface area (Å²) in [4.78, 5) is 12.0. The van der Waals surface area contributed by atoms with Gasteiger partial charge in [0.15, 0.2) is 5.69 Å². The summed E-state index contributed by atoms with van der Waals surface area (Å²) >= 11 is 0. The Balaban J connectivity index is 1.58. The van der Waals surface area contributed by atoms with Gasteiger partial charge in [0, 0.05) is 19.5 Å². The summed E-state index contributed by atoms with van der Waals surface area (Å²) in [5.74, 6) is 0.888. The van der Waals surface area contributed by atoms with Gasteiger partial charge in [-0.1, -0.05) is 24.3 Å². The molecule has 3 rings (SSSR count). The summed E-state index contributed by atoms with van der Waals surface area (Å²) in [6, 6.07) is 11.7. The Morgan fingerprint density at radius 1 is 1.25 bits per heavy atom. The van der Waals surface area contributed by atoms with E-state index < -0.39 is 0 Å². The van der Waals surface area contributed by atoms with Crippen LogP contribution in [0.5, 0.6) is 0 Å². The molecule has 0 saturated carbocycles. The second-order valence-electron chi connectivity index (χ2n) is 4.86. The molecule has 0 fully saturated rings. The molecule has 1 aliphatic carbocycles. The first-order valence-corrected chi connectivity index (χ1v) is 6.65. The van der Waals surface area contributed by atoms with Gasteiger partial charge < -0.3 is 10.6 Å². The number of hydrogen-bond acceptors (Lipinski definition) is 4. The molecule has 102 valence electrons. The van der Waals surface area contributed by atoms with Gasteiger partial charge >= 0.3 is 0 Å². The van der Waals surface area contributed by atoms with Gasteiger partial charge in [-0.2, -0.15) is 0 Å². The van der Waals surface area contributed by atoms with Crippen molar-refractivity contribution >= 4 is 11.7 Å².